The molecule has 0 bridgehead atoms. The van der Waals surface area contributed by atoms with Gasteiger partial charge >= 0.3 is 0 Å². The number of hydrogen-bond donors (Lipinski definition) is 0. The van der Waals surface area contributed by atoms with Gasteiger partial charge in [0.15, 0.2) is 0 Å². The summed E-state index contributed by atoms with van der Waals surface area (Å²) in [6.07, 6.45) is 31.8. The standard InChI is InChI=1S/C30H53N/c1-2-3-4-5-7-10-25-12-16-27(17-13-25)29-20-22-30(23-21-29)28-18-14-26(15-19-28)11-8-6-9-24-31/h25-30H,2-23H2,1H3. The molecule has 0 aliphatic heterocycles. The van der Waals surface area contributed by atoms with Crippen LogP contribution in [0.4, 0.5) is 0 Å². The summed E-state index contributed by atoms with van der Waals surface area (Å²) in [5.41, 5.74) is 0. The maximum Gasteiger partial charge on any atom is 0.0621 e. The molecule has 0 atom stereocenters. The van der Waals surface area contributed by atoms with Gasteiger partial charge in [0.2, 0.25) is 0 Å². The molecule has 0 unspecified atom stereocenters. The summed E-state index contributed by atoms with van der Waals surface area (Å²) < 4.78 is 0. The molecular weight excluding hydrogens is 374 g/mol. The van der Waals surface area contributed by atoms with Gasteiger partial charge in [-0.3, -0.25) is 0 Å². The fourth-order valence-corrected chi connectivity index (χ4v) is 7.66. The third-order valence-corrected chi connectivity index (χ3v) is 9.80. The van der Waals surface area contributed by atoms with Crippen molar-refractivity contribution in [3.05, 3.63) is 0 Å². The minimum atomic E-state index is 0.763. The predicted octanol–water partition coefficient (Wildman–Crippen LogP) is 9.85. The van der Waals surface area contributed by atoms with Gasteiger partial charge in [-0.15, -0.1) is 0 Å². The van der Waals surface area contributed by atoms with E-state index in [4.69, 9.17) is 5.26 Å². The molecule has 0 aromatic rings. The van der Waals surface area contributed by atoms with Crippen LogP contribution in [-0.2, 0) is 0 Å². The summed E-state index contributed by atoms with van der Waals surface area (Å²) >= 11 is 0. The molecule has 0 radical (unpaired) electrons. The second kappa shape index (κ2) is 14.6. The Morgan fingerprint density at radius 2 is 0.903 bits per heavy atom. The molecule has 0 aromatic heterocycles. The quantitative estimate of drug-likeness (QED) is 0.284. The van der Waals surface area contributed by atoms with Crippen LogP contribution < -0.4 is 0 Å². The van der Waals surface area contributed by atoms with Crippen molar-refractivity contribution < 1.29 is 0 Å². The maximum atomic E-state index is 8.70. The van der Waals surface area contributed by atoms with Crippen LogP contribution in [0.3, 0.4) is 0 Å². The number of rotatable bonds is 12. The average molecular weight is 428 g/mol. The van der Waals surface area contributed by atoms with Gasteiger partial charge in [-0.05, 0) is 93.3 Å². The largest absolute Gasteiger partial charge is 0.198 e. The first-order valence-electron chi connectivity index (χ1n) is 14.7. The summed E-state index contributed by atoms with van der Waals surface area (Å²) in [6, 6.07) is 2.30. The molecule has 0 N–H and O–H groups in total. The molecule has 3 saturated carbocycles. The Kier molecular flexibility index (Phi) is 11.8. The zero-order chi connectivity index (χ0) is 21.7. The maximum absolute atomic E-state index is 8.70. The fraction of sp³-hybridized carbons (Fsp3) is 0.967. The van der Waals surface area contributed by atoms with Gasteiger partial charge < -0.3 is 0 Å². The summed E-state index contributed by atoms with van der Waals surface area (Å²) in [5, 5.41) is 8.70. The molecule has 3 aliphatic carbocycles. The van der Waals surface area contributed by atoms with E-state index in [1.54, 1.807) is 51.4 Å². The smallest absolute Gasteiger partial charge is 0.0621 e. The van der Waals surface area contributed by atoms with Crippen LogP contribution in [-0.4, -0.2) is 0 Å². The molecule has 0 saturated heterocycles. The Bertz CT molecular complexity index is 481. The number of unbranched alkanes of at least 4 members (excludes halogenated alkanes) is 6. The molecule has 1 nitrogen and oxygen atoms in total. The van der Waals surface area contributed by atoms with Crippen LogP contribution >= 0.6 is 0 Å². The molecule has 31 heavy (non-hydrogen) atoms. The van der Waals surface area contributed by atoms with Crippen molar-refractivity contribution in [2.75, 3.05) is 0 Å². The van der Waals surface area contributed by atoms with E-state index in [0.717, 1.165) is 48.3 Å². The second-order valence-electron chi connectivity index (χ2n) is 11.8. The summed E-state index contributed by atoms with van der Waals surface area (Å²) in [7, 11) is 0. The van der Waals surface area contributed by atoms with Gasteiger partial charge in [0, 0.05) is 6.42 Å². The van der Waals surface area contributed by atoms with Crippen LogP contribution in [0, 0.1) is 46.8 Å². The molecule has 0 spiro atoms. The third kappa shape index (κ3) is 8.74. The molecule has 3 fully saturated rings. The minimum absolute atomic E-state index is 0.763. The summed E-state index contributed by atoms with van der Waals surface area (Å²) in [5.74, 6) is 6.34. The lowest BCUT2D eigenvalue weighted by atomic mass is 9.64. The third-order valence-electron chi connectivity index (χ3n) is 9.80. The van der Waals surface area contributed by atoms with Gasteiger partial charge in [-0.2, -0.15) is 5.26 Å². The lowest BCUT2D eigenvalue weighted by Crippen LogP contribution is -2.29. The Labute approximate surface area is 195 Å². The SMILES string of the molecule is CCCCCCCC1CCC(C2CCC(C3CCC(CCCCC#N)CC3)CC2)CC1. The number of nitrogens with zero attached hydrogens (tertiary/aromatic N) is 1. The van der Waals surface area contributed by atoms with E-state index in [-0.39, 0.29) is 0 Å². The molecule has 178 valence electrons. The number of nitriles is 1. The van der Waals surface area contributed by atoms with Crippen LogP contribution in [0.5, 0.6) is 0 Å². The lowest BCUT2D eigenvalue weighted by Gasteiger charge is -2.41. The van der Waals surface area contributed by atoms with Crippen molar-refractivity contribution in [1.29, 1.82) is 5.26 Å². The Hall–Kier alpha value is -0.510. The van der Waals surface area contributed by atoms with Gasteiger partial charge in [-0.25, -0.2) is 0 Å². The zero-order valence-electron chi connectivity index (χ0n) is 21.0. The van der Waals surface area contributed by atoms with Crippen LogP contribution in [0.25, 0.3) is 0 Å². The van der Waals surface area contributed by atoms with Crippen molar-refractivity contribution in [2.24, 2.45) is 35.5 Å². The average Bonchev–Trinajstić information content (AvgIpc) is 2.83. The zero-order valence-corrected chi connectivity index (χ0v) is 21.0. The molecule has 0 heterocycles. The van der Waals surface area contributed by atoms with E-state index < -0.39 is 0 Å². The van der Waals surface area contributed by atoms with E-state index >= 15 is 0 Å². The monoisotopic (exact) mass is 427 g/mol. The molecule has 3 aliphatic rings. The van der Waals surface area contributed by atoms with Crippen LogP contribution in [0.2, 0.25) is 0 Å². The van der Waals surface area contributed by atoms with Crippen molar-refractivity contribution in [3.8, 4) is 6.07 Å². The predicted molar refractivity (Wildman–Crippen MR) is 134 cm³/mol. The van der Waals surface area contributed by atoms with Crippen molar-refractivity contribution in [3.63, 3.8) is 0 Å². The van der Waals surface area contributed by atoms with Crippen molar-refractivity contribution in [2.45, 2.75) is 148 Å². The second-order valence-corrected chi connectivity index (χ2v) is 11.8. The van der Waals surface area contributed by atoms with Gasteiger partial charge in [0.05, 0.1) is 6.07 Å². The first-order valence-corrected chi connectivity index (χ1v) is 14.7. The fourth-order valence-electron chi connectivity index (χ4n) is 7.66. The lowest BCUT2D eigenvalue weighted by molar-refractivity contribution is 0.102. The minimum Gasteiger partial charge on any atom is -0.198 e. The summed E-state index contributed by atoms with van der Waals surface area (Å²) in [6.45, 7) is 2.32. The van der Waals surface area contributed by atoms with E-state index in [1.165, 1.54) is 77.0 Å². The Morgan fingerprint density at radius 1 is 0.516 bits per heavy atom. The Balaban J connectivity index is 1.25. The molecule has 0 aromatic carbocycles. The van der Waals surface area contributed by atoms with E-state index in [9.17, 15) is 0 Å². The highest BCUT2D eigenvalue weighted by molar-refractivity contribution is 4.86. The number of hydrogen-bond acceptors (Lipinski definition) is 1. The summed E-state index contributed by atoms with van der Waals surface area (Å²) in [4.78, 5) is 0. The van der Waals surface area contributed by atoms with E-state index in [2.05, 4.69) is 13.0 Å². The van der Waals surface area contributed by atoms with Crippen molar-refractivity contribution >= 4 is 0 Å². The van der Waals surface area contributed by atoms with Crippen LogP contribution in [0.15, 0.2) is 0 Å². The first kappa shape index (κ1) is 25.1. The van der Waals surface area contributed by atoms with Crippen LogP contribution in [0.1, 0.15) is 148 Å². The normalized spacial score (nSPS) is 34.3. The molecular formula is C30H53N. The molecule has 0 amide bonds. The Morgan fingerprint density at radius 3 is 1.32 bits per heavy atom. The van der Waals surface area contributed by atoms with Gasteiger partial charge in [-0.1, -0.05) is 84.0 Å². The van der Waals surface area contributed by atoms with E-state index in [0.29, 0.717) is 0 Å². The van der Waals surface area contributed by atoms with E-state index in [1.807, 2.05) is 0 Å². The van der Waals surface area contributed by atoms with Gasteiger partial charge in [0.1, 0.15) is 0 Å². The van der Waals surface area contributed by atoms with Gasteiger partial charge in [0.25, 0.3) is 0 Å². The highest BCUT2D eigenvalue weighted by atomic mass is 14.4. The topological polar surface area (TPSA) is 23.8 Å². The molecule has 1 heteroatoms. The molecule has 3 rings (SSSR count). The van der Waals surface area contributed by atoms with Crippen molar-refractivity contribution in [1.82, 2.24) is 0 Å². The highest BCUT2D eigenvalue weighted by Gasteiger charge is 2.34. The highest BCUT2D eigenvalue weighted by Crippen LogP contribution is 2.46. The first-order chi connectivity index (χ1) is 15.3.